The van der Waals surface area contributed by atoms with Gasteiger partial charge in [0.05, 0.1) is 29.5 Å². The van der Waals surface area contributed by atoms with Gasteiger partial charge < -0.3 is 10.1 Å². The summed E-state index contributed by atoms with van der Waals surface area (Å²) in [5, 5.41) is 2.77. The van der Waals surface area contributed by atoms with Gasteiger partial charge in [0.25, 0.3) is 17.7 Å². The van der Waals surface area contributed by atoms with Crippen LogP contribution in [0.1, 0.15) is 43.9 Å². The number of benzene rings is 2. The summed E-state index contributed by atoms with van der Waals surface area (Å²) in [6.45, 7) is 0.908. The first-order chi connectivity index (χ1) is 13.0. The number of amides is 3. The topological polar surface area (TPSA) is 75.7 Å². The number of fused-ring (bicyclic) bond motifs is 1. The van der Waals surface area contributed by atoms with Crippen LogP contribution in [0.3, 0.4) is 0 Å². The molecule has 1 saturated heterocycles. The second-order valence-electron chi connectivity index (χ2n) is 6.59. The van der Waals surface area contributed by atoms with Crippen LogP contribution in [-0.2, 0) is 4.74 Å². The predicted molar refractivity (Wildman–Crippen MR) is 102 cm³/mol. The van der Waals surface area contributed by atoms with Crippen molar-refractivity contribution >= 4 is 36.0 Å². The number of imide groups is 1. The van der Waals surface area contributed by atoms with E-state index in [1.54, 1.807) is 24.3 Å². The van der Waals surface area contributed by atoms with Gasteiger partial charge in [-0.25, -0.2) is 0 Å². The van der Waals surface area contributed by atoms with E-state index in [0.717, 1.165) is 12.8 Å². The summed E-state index contributed by atoms with van der Waals surface area (Å²) in [5.41, 5.74) is 1.47. The number of hydrogen-bond acceptors (Lipinski definition) is 5. The molecule has 2 heterocycles. The van der Waals surface area contributed by atoms with Gasteiger partial charge in [-0.2, -0.15) is 0 Å². The van der Waals surface area contributed by atoms with Gasteiger partial charge in [0.1, 0.15) is 0 Å². The largest absolute Gasteiger partial charge is 0.376 e. The molecule has 6 nitrogen and oxygen atoms in total. The van der Waals surface area contributed by atoms with Gasteiger partial charge in [-0.1, -0.05) is 12.1 Å². The monoisotopic (exact) mass is 382 g/mol. The Morgan fingerprint density at radius 3 is 2.67 bits per heavy atom. The Bertz CT molecular complexity index is 937. The molecule has 27 heavy (non-hydrogen) atoms. The van der Waals surface area contributed by atoms with E-state index in [0.29, 0.717) is 28.3 Å². The number of thiol groups is 1. The molecule has 2 aromatic rings. The van der Waals surface area contributed by atoms with Gasteiger partial charge in [-0.05, 0) is 43.2 Å². The summed E-state index contributed by atoms with van der Waals surface area (Å²) in [5.74, 6) is -1.08. The van der Waals surface area contributed by atoms with Crippen LogP contribution in [0.4, 0.5) is 5.69 Å². The number of hydrogen-bond donors (Lipinski definition) is 2. The van der Waals surface area contributed by atoms with Gasteiger partial charge in [-0.3, -0.25) is 19.3 Å². The van der Waals surface area contributed by atoms with E-state index in [2.05, 4.69) is 17.9 Å². The Morgan fingerprint density at radius 1 is 1.15 bits per heavy atom. The average Bonchev–Trinajstić information content (AvgIpc) is 3.26. The zero-order chi connectivity index (χ0) is 19.0. The number of ether oxygens (including phenoxy) is 1. The van der Waals surface area contributed by atoms with Crippen molar-refractivity contribution in [3.8, 4) is 0 Å². The van der Waals surface area contributed by atoms with Crippen LogP contribution in [0, 0.1) is 0 Å². The van der Waals surface area contributed by atoms with E-state index >= 15 is 0 Å². The molecule has 2 aliphatic rings. The fraction of sp³-hybridized carbons (Fsp3) is 0.250. The van der Waals surface area contributed by atoms with Crippen LogP contribution >= 0.6 is 12.6 Å². The lowest BCUT2D eigenvalue weighted by Crippen LogP contribution is -2.36. The van der Waals surface area contributed by atoms with Gasteiger partial charge in [-0.15, -0.1) is 12.6 Å². The first kappa shape index (κ1) is 17.8. The summed E-state index contributed by atoms with van der Waals surface area (Å²) >= 11 is 4.31. The van der Waals surface area contributed by atoms with E-state index in [4.69, 9.17) is 4.74 Å². The molecule has 2 aliphatic heterocycles. The molecule has 0 unspecified atom stereocenters. The smallest absolute Gasteiger partial charge is 0.261 e. The fourth-order valence-electron chi connectivity index (χ4n) is 3.36. The quantitative estimate of drug-likeness (QED) is 0.630. The lowest BCUT2D eigenvalue weighted by molar-refractivity contribution is 0.0475. The molecule has 7 heteroatoms. The van der Waals surface area contributed by atoms with Crippen LogP contribution in [0.15, 0.2) is 47.4 Å². The third-order valence-electron chi connectivity index (χ3n) is 4.80. The molecule has 1 fully saturated rings. The van der Waals surface area contributed by atoms with Crippen molar-refractivity contribution in [1.29, 1.82) is 0 Å². The second kappa shape index (κ2) is 7.17. The van der Waals surface area contributed by atoms with Crippen molar-refractivity contribution < 1.29 is 19.1 Å². The Labute approximate surface area is 161 Å². The molecule has 0 saturated carbocycles. The van der Waals surface area contributed by atoms with Gasteiger partial charge in [0, 0.05) is 17.1 Å². The average molecular weight is 382 g/mol. The van der Waals surface area contributed by atoms with Crippen LogP contribution in [0.25, 0.3) is 0 Å². The number of nitrogens with zero attached hydrogens (tertiary/aromatic N) is 1. The predicted octanol–water partition coefficient (Wildman–Crippen LogP) is 3.00. The maximum Gasteiger partial charge on any atom is 0.261 e. The summed E-state index contributed by atoms with van der Waals surface area (Å²) in [7, 11) is 0. The highest BCUT2D eigenvalue weighted by Gasteiger charge is 2.37. The Kier molecular flexibility index (Phi) is 4.72. The highest BCUT2D eigenvalue weighted by molar-refractivity contribution is 7.80. The minimum Gasteiger partial charge on any atom is -0.376 e. The minimum atomic E-state index is -0.380. The first-order valence-electron chi connectivity index (χ1n) is 8.76. The van der Waals surface area contributed by atoms with E-state index in [1.165, 1.54) is 17.0 Å². The van der Waals surface area contributed by atoms with Crippen LogP contribution in [0.5, 0.6) is 0 Å². The molecule has 0 bridgehead atoms. The second-order valence-corrected chi connectivity index (χ2v) is 7.07. The highest BCUT2D eigenvalue weighted by atomic mass is 32.1. The van der Waals surface area contributed by atoms with Gasteiger partial charge in [0.15, 0.2) is 0 Å². The lowest BCUT2D eigenvalue weighted by Gasteiger charge is -2.17. The zero-order valence-electron chi connectivity index (χ0n) is 14.5. The number of anilines is 1. The Balaban J connectivity index is 1.55. The maximum absolute atomic E-state index is 12.7. The first-order valence-corrected chi connectivity index (χ1v) is 9.20. The van der Waals surface area contributed by atoms with E-state index in [9.17, 15) is 14.4 Å². The van der Waals surface area contributed by atoms with E-state index in [1.807, 2.05) is 6.07 Å². The molecule has 0 radical (unpaired) electrons. The molecule has 1 N–H and O–H groups in total. The number of carbonyl (C=O) groups is 3. The number of para-hydroxylation sites is 1. The highest BCUT2D eigenvalue weighted by Crippen LogP contribution is 2.27. The molecule has 0 aromatic heterocycles. The molecule has 1 atom stereocenters. The van der Waals surface area contributed by atoms with Crippen molar-refractivity contribution in [3.05, 3.63) is 59.2 Å². The Hall–Kier alpha value is -2.64. The molecule has 4 rings (SSSR count). The molecule has 2 aromatic carbocycles. The third-order valence-corrected chi connectivity index (χ3v) is 5.19. The Morgan fingerprint density at radius 2 is 1.93 bits per heavy atom. The summed E-state index contributed by atoms with van der Waals surface area (Å²) in [4.78, 5) is 39.6. The summed E-state index contributed by atoms with van der Waals surface area (Å²) in [6.07, 6.45) is 1.66. The fourth-order valence-corrected chi connectivity index (χ4v) is 3.58. The molecular weight excluding hydrogens is 364 g/mol. The van der Waals surface area contributed by atoms with Crippen LogP contribution in [0.2, 0.25) is 0 Å². The SMILES string of the molecule is O=C(Nc1ccccc1S)c1ccc2c(c1)C(=O)N(C[C@@H]1CCCO1)C2=O. The zero-order valence-corrected chi connectivity index (χ0v) is 15.4. The van der Waals surface area contributed by atoms with Crippen LogP contribution in [-0.4, -0.2) is 41.9 Å². The third kappa shape index (κ3) is 3.36. The molecule has 0 spiro atoms. The molecule has 138 valence electrons. The lowest BCUT2D eigenvalue weighted by atomic mass is 10.1. The van der Waals surface area contributed by atoms with Crippen molar-refractivity contribution in [2.45, 2.75) is 23.8 Å². The van der Waals surface area contributed by atoms with Crippen molar-refractivity contribution in [2.24, 2.45) is 0 Å². The van der Waals surface area contributed by atoms with Crippen molar-refractivity contribution in [1.82, 2.24) is 4.90 Å². The van der Waals surface area contributed by atoms with Gasteiger partial charge in [0.2, 0.25) is 0 Å². The minimum absolute atomic E-state index is 0.109. The standard InChI is InChI=1S/C20H18N2O4S/c23-18(21-16-5-1-2-6-17(16)27)12-7-8-14-15(10-12)20(25)22(19(14)24)11-13-4-3-9-26-13/h1-2,5-8,10,13,27H,3-4,9,11H2,(H,21,23)/t13-/m0/s1. The van der Waals surface area contributed by atoms with E-state index in [-0.39, 0.29) is 35.9 Å². The van der Waals surface area contributed by atoms with Crippen molar-refractivity contribution in [3.63, 3.8) is 0 Å². The van der Waals surface area contributed by atoms with Gasteiger partial charge >= 0.3 is 0 Å². The summed E-state index contributed by atoms with van der Waals surface area (Å²) < 4.78 is 5.53. The molecular formula is C20H18N2O4S. The molecule has 0 aliphatic carbocycles. The number of rotatable bonds is 4. The number of nitrogens with one attached hydrogen (secondary N) is 1. The molecule has 3 amide bonds. The normalized spacial score (nSPS) is 18.7. The van der Waals surface area contributed by atoms with Crippen molar-refractivity contribution in [2.75, 3.05) is 18.5 Å². The maximum atomic E-state index is 12.7. The number of carbonyl (C=O) groups excluding carboxylic acids is 3. The van der Waals surface area contributed by atoms with Crippen LogP contribution < -0.4 is 5.32 Å². The van der Waals surface area contributed by atoms with E-state index < -0.39 is 0 Å². The summed E-state index contributed by atoms with van der Waals surface area (Å²) in [6, 6.07) is 11.7.